The third-order valence-electron chi connectivity index (χ3n) is 3.57. The normalized spacial score (nSPS) is 19.3. The number of hydrogen-bond acceptors (Lipinski definition) is 2. The number of aromatic nitrogens is 1. The first-order valence-corrected chi connectivity index (χ1v) is 6.78. The molecule has 17 heavy (non-hydrogen) atoms. The Bertz CT molecular complexity index is 346. The van der Waals surface area contributed by atoms with Gasteiger partial charge in [-0.05, 0) is 50.8 Å². The van der Waals surface area contributed by atoms with Crippen LogP contribution in [0.3, 0.4) is 0 Å². The summed E-state index contributed by atoms with van der Waals surface area (Å²) in [5, 5.41) is 3.41. The summed E-state index contributed by atoms with van der Waals surface area (Å²) in [6, 6.07) is 0.562. The van der Waals surface area contributed by atoms with Gasteiger partial charge in [-0.25, -0.2) is 0 Å². The number of fused-ring (bicyclic) bond motifs is 1. The number of rotatable bonds is 6. The van der Waals surface area contributed by atoms with E-state index in [1.165, 1.54) is 30.4 Å². The third-order valence-corrected chi connectivity index (χ3v) is 3.57. The maximum Gasteiger partial charge on any atom is 0.0482 e. The van der Waals surface area contributed by atoms with Gasteiger partial charge in [-0.2, -0.15) is 0 Å². The van der Waals surface area contributed by atoms with Gasteiger partial charge in [-0.1, -0.05) is 0 Å². The van der Waals surface area contributed by atoms with Gasteiger partial charge in [0.05, 0.1) is 0 Å². The first-order valence-electron chi connectivity index (χ1n) is 6.78. The molecule has 0 amide bonds. The zero-order valence-corrected chi connectivity index (χ0v) is 11.0. The molecule has 0 spiro atoms. The van der Waals surface area contributed by atoms with Gasteiger partial charge in [0.15, 0.2) is 0 Å². The second kappa shape index (κ2) is 6.22. The number of aryl methyl sites for hydroxylation is 2. The average Bonchev–Trinajstić information content (AvgIpc) is 2.77. The molecule has 1 aromatic heterocycles. The van der Waals surface area contributed by atoms with E-state index in [0.29, 0.717) is 6.04 Å². The topological polar surface area (TPSA) is 26.2 Å². The second-order valence-electron chi connectivity index (χ2n) is 4.76. The first kappa shape index (κ1) is 12.7. The van der Waals surface area contributed by atoms with Crippen LogP contribution in [0.25, 0.3) is 0 Å². The Labute approximate surface area is 104 Å². The molecule has 3 heteroatoms. The van der Waals surface area contributed by atoms with Crippen LogP contribution in [-0.4, -0.2) is 24.8 Å². The Morgan fingerprint density at radius 1 is 1.47 bits per heavy atom. The number of nitrogens with zero attached hydrogens (tertiary/aromatic N) is 1. The van der Waals surface area contributed by atoms with Crippen LogP contribution in [0.4, 0.5) is 0 Å². The van der Waals surface area contributed by atoms with E-state index >= 15 is 0 Å². The van der Waals surface area contributed by atoms with Gasteiger partial charge in [-0.15, -0.1) is 0 Å². The molecule has 96 valence electrons. The molecule has 1 aromatic rings. The molecule has 1 atom stereocenters. The van der Waals surface area contributed by atoms with Gasteiger partial charge in [0.25, 0.3) is 0 Å². The summed E-state index contributed by atoms with van der Waals surface area (Å²) < 4.78 is 7.71. The van der Waals surface area contributed by atoms with Gasteiger partial charge < -0.3 is 14.6 Å². The van der Waals surface area contributed by atoms with Crippen LogP contribution in [0.2, 0.25) is 0 Å². The molecule has 1 aliphatic rings. The maximum atomic E-state index is 5.37. The summed E-state index contributed by atoms with van der Waals surface area (Å²) in [7, 11) is 2.06. The Hall–Kier alpha value is -0.800. The maximum absolute atomic E-state index is 5.37. The summed E-state index contributed by atoms with van der Waals surface area (Å²) in [6.45, 7) is 4.81. The molecule has 0 saturated heterocycles. The fourth-order valence-corrected chi connectivity index (χ4v) is 2.67. The van der Waals surface area contributed by atoms with Crippen LogP contribution in [-0.2, 0) is 17.7 Å². The Balaban J connectivity index is 1.94. The van der Waals surface area contributed by atoms with E-state index in [1.54, 1.807) is 0 Å². The lowest BCUT2D eigenvalue weighted by atomic mass is 9.91. The van der Waals surface area contributed by atoms with Crippen LogP contribution >= 0.6 is 0 Å². The zero-order chi connectivity index (χ0) is 12.1. The van der Waals surface area contributed by atoms with Crippen molar-refractivity contribution < 1.29 is 4.74 Å². The van der Waals surface area contributed by atoms with Crippen LogP contribution in [0.1, 0.15) is 43.4 Å². The molecule has 2 rings (SSSR count). The van der Waals surface area contributed by atoms with E-state index < -0.39 is 0 Å². The Kier molecular flexibility index (Phi) is 4.63. The van der Waals surface area contributed by atoms with Crippen molar-refractivity contribution in [3.8, 4) is 0 Å². The summed E-state index contributed by atoms with van der Waals surface area (Å²) in [5.41, 5.74) is 3.04. The Morgan fingerprint density at radius 2 is 2.35 bits per heavy atom. The van der Waals surface area contributed by atoms with Crippen molar-refractivity contribution in [3.05, 3.63) is 23.5 Å². The van der Waals surface area contributed by atoms with Gasteiger partial charge in [-0.3, -0.25) is 0 Å². The van der Waals surface area contributed by atoms with Crippen molar-refractivity contribution in [2.45, 2.75) is 45.2 Å². The SMILES string of the molecule is CCOCCCn1cc2c(c1)C(NC)CCC2. The van der Waals surface area contributed by atoms with E-state index in [2.05, 4.69) is 29.3 Å². The van der Waals surface area contributed by atoms with Crippen molar-refractivity contribution in [1.82, 2.24) is 9.88 Å². The third kappa shape index (κ3) is 3.11. The van der Waals surface area contributed by atoms with Crippen molar-refractivity contribution in [1.29, 1.82) is 0 Å². The smallest absolute Gasteiger partial charge is 0.0482 e. The molecule has 0 aliphatic heterocycles. The molecule has 0 fully saturated rings. The van der Waals surface area contributed by atoms with Crippen molar-refractivity contribution in [2.75, 3.05) is 20.3 Å². The molecule has 0 bridgehead atoms. The quantitative estimate of drug-likeness (QED) is 0.768. The molecule has 1 unspecified atom stereocenters. The minimum absolute atomic E-state index is 0.562. The zero-order valence-electron chi connectivity index (χ0n) is 11.0. The van der Waals surface area contributed by atoms with Crippen molar-refractivity contribution in [3.63, 3.8) is 0 Å². The van der Waals surface area contributed by atoms with Gasteiger partial charge in [0.1, 0.15) is 0 Å². The minimum Gasteiger partial charge on any atom is -0.382 e. The summed E-state index contributed by atoms with van der Waals surface area (Å²) >= 11 is 0. The number of nitrogens with one attached hydrogen (secondary N) is 1. The average molecular weight is 236 g/mol. The highest BCUT2D eigenvalue weighted by Gasteiger charge is 2.20. The number of ether oxygens (including phenoxy) is 1. The van der Waals surface area contributed by atoms with Crippen LogP contribution in [0, 0.1) is 0 Å². The highest BCUT2D eigenvalue weighted by Crippen LogP contribution is 2.30. The molecule has 3 nitrogen and oxygen atoms in total. The second-order valence-corrected chi connectivity index (χ2v) is 4.76. The summed E-state index contributed by atoms with van der Waals surface area (Å²) in [6.07, 6.45) is 9.57. The highest BCUT2D eigenvalue weighted by atomic mass is 16.5. The molecular weight excluding hydrogens is 212 g/mol. The molecule has 1 N–H and O–H groups in total. The molecule has 1 heterocycles. The fourth-order valence-electron chi connectivity index (χ4n) is 2.67. The number of hydrogen-bond donors (Lipinski definition) is 1. The molecule has 1 aliphatic carbocycles. The lowest BCUT2D eigenvalue weighted by Crippen LogP contribution is -2.20. The minimum atomic E-state index is 0.562. The van der Waals surface area contributed by atoms with E-state index in [0.717, 1.165) is 26.2 Å². The Morgan fingerprint density at radius 3 is 3.12 bits per heavy atom. The van der Waals surface area contributed by atoms with Gasteiger partial charge in [0.2, 0.25) is 0 Å². The van der Waals surface area contributed by atoms with E-state index in [-0.39, 0.29) is 0 Å². The predicted molar refractivity (Wildman–Crippen MR) is 70.3 cm³/mol. The lowest BCUT2D eigenvalue weighted by Gasteiger charge is -2.21. The lowest BCUT2D eigenvalue weighted by molar-refractivity contribution is 0.141. The monoisotopic (exact) mass is 236 g/mol. The molecule has 0 saturated carbocycles. The summed E-state index contributed by atoms with van der Waals surface area (Å²) in [5.74, 6) is 0. The largest absolute Gasteiger partial charge is 0.382 e. The predicted octanol–water partition coefficient (Wildman–Crippen LogP) is 2.51. The fraction of sp³-hybridized carbons (Fsp3) is 0.714. The van der Waals surface area contributed by atoms with Gasteiger partial charge in [0, 0.05) is 38.2 Å². The van der Waals surface area contributed by atoms with E-state index in [9.17, 15) is 0 Å². The van der Waals surface area contributed by atoms with Crippen LogP contribution in [0.15, 0.2) is 12.4 Å². The van der Waals surface area contributed by atoms with Crippen LogP contribution in [0.5, 0.6) is 0 Å². The molecule has 0 radical (unpaired) electrons. The standard InChI is InChI=1S/C14H24N2O/c1-3-17-9-5-8-16-10-12-6-4-7-14(15-2)13(12)11-16/h10-11,14-15H,3-9H2,1-2H3. The molecule has 0 aromatic carbocycles. The van der Waals surface area contributed by atoms with Crippen molar-refractivity contribution >= 4 is 0 Å². The highest BCUT2D eigenvalue weighted by molar-refractivity contribution is 5.30. The molecular formula is C14H24N2O. The first-order chi connectivity index (χ1) is 8.35. The van der Waals surface area contributed by atoms with E-state index in [1.807, 2.05) is 6.92 Å². The summed E-state index contributed by atoms with van der Waals surface area (Å²) in [4.78, 5) is 0. The van der Waals surface area contributed by atoms with Gasteiger partial charge >= 0.3 is 0 Å². The van der Waals surface area contributed by atoms with Crippen molar-refractivity contribution in [2.24, 2.45) is 0 Å². The van der Waals surface area contributed by atoms with E-state index in [4.69, 9.17) is 4.74 Å². The van der Waals surface area contributed by atoms with Crippen LogP contribution < -0.4 is 5.32 Å².